The van der Waals surface area contributed by atoms with Gasteiger partial charge in [-0.1, -0.05) is 37.3 Å². The average molecular weight is 379 g/mol. The van der Waals surface area contributed by atoms with Gasteiger partial charge in [0.25, 0.3) is 5.91 Å². The lowest BCUT2D eigenvalue weighted by Crippen LogP contribution is -2.23. The monoisotopic (exact) mass is 379 g/mol. The molecule has 2 N–H and O–H groups in total. The predicted molar refractivity (Wildman–Crippen MR) is 109 cm³/mol. The summed E-state index contributed by atoms with van der Waals surface area (Å²) in [5, 5.41) is 9.93. The SMILES string of the molecule is CCOc1cc(CNC(=O)c2cn[nH]c2-c2ccc(CC)cc2)ccc1OC. The summed E-state index contributed by atoms with van der Waals surface area (Å²) in [5.41, 5.74) is 4.34. The molecule has 0 saturated carbocycles. The minimum atomic E-state index is -0.183. The summed E-state index contributed by atoms with van der Waals surface area (Å²) >= 11 is 0. The van der Waals surface area contributed by atoms with Crippen LogP contribution in [-0.4, -0.2) is 29.8 Å². The highest BCUT2D eigenvalue weighted by Crippen LogP contribution is 2.28. The van der Waals surface area contributed by atoms with E-state index >= 15 is 0 Å². The number of aryl methyl sites for hydroxylation is 1. The Balaban J connectivity index is 1.72. The molecule has 0 spiro atoms. The Labute approximate surface area is 164 Å². The van der Waals surface area contributed by atoms with Crippen molar-refractivity contribution >= 4 is 5.91 Å². The number of methoxy groups -OCH3 is 1. The van der Waals surface area contributed by atoms with Crippen LogP contribution in [0, 0.1) is 0 Å². The van der Waals surface area contributed by atoms with E-state index in [9.17, 15) is 4.79 Å². The zero-order valence-electron chi connectivity index (χ0n) is 16.4. The van der Waals surface area contributed by atoms with E-state index in [0.29, 0.717) is 35.9 Å². The van der Waals surface area contributed by atoms with Crippen molar-refractivity contribution in [2.45, 2.75) is 26.8 Å². The zero-order valence-corrected chi connectivity index (χ0v) is 16.4. The Morgan fingerprint density at radius 2 is 1.82 bits per heavy atom. The second-order valence-electron chi connectivity index (χ2n) is 6.31. The van der Waals surface area contributed by atoms with E-state index in [1.165, 1.54) is 5.56 Å². The summed E-state index contributed by atoms with van der Waals surface area (Å²) < 4.78 is 10.9. The Hall–Kier alpha value is -3.28. The molecule has 0 fully saturated rings. The second kappa shape index (κ2) is 9.08. The van der Waals surface area contributed by atoms with Crippen molar-refractivity contribution in [2.75, 3.05) is 13.7 Å². The molecule has 3 aromatic rings. The Morgan fingerprint density at radius 3 is 2.50 bits per heavy atom. The maximum Gasteiger partial charge on any atom is 0.255 e. The van der Waals surface area contributed by atoms with Crippen molar-refractivity contribution in [1.82, 2.24) is 15.5 Å². The van der Waals surface area contributed by atoms with Crippen LogP contribution in [0.3, 0.4) is 0 Å². The highest BCUT2D eigenvalue weighted by molar-refractivity contribution is 5.99. The molecule has 28 heavy (non-hydrogen) atoms. The highest BCUT2D eigenvalue weighted by Gasteiger charge is 2.15. The Bertz CT molecular complexity index is 932. The molecule has 6 heteroatoms. The maximum atomic E-state index is 12.7. The molecule has 0 atom stereocenters. The van der Waals surface area contributed by atoms with Gasteiger partial charge in [0.05, 0.1) is 31.2 Å². The number of aromatic nitrogens is 2. The average Bonchev–Trinajstić information content (AvgIpc) is 3.22. The third kappa shape index (κ3) is 4.34. The van der Waals surface area contributed by atoms with Gasteiger partial charge in [-0.2, -0.15) is 5.10 Å². The fraction of sp³-hybridized carbons (Fsp3) is 0.273. The van der Waals surface area contributed by atoms with E-state index in [2.05, 4.69) is 34.6 Å². The number of nitrogens with zero attached hydrogens (tertiary/aromatic N) is 1. The molecule has 0 aliphatic carbocycles. The van der Waals surface area contributed by atoms with Crippen LogP contribution in [-0.2, 0) is 13.0 Å². The minimum absolute atomic E-state index is 0.183. The number of aromatic amines is 1. The quantitative estimate of drug-likeness (QED) is 0.621. The van der Waals surface area contributed by atoms with Gasteiger partial charge in [-0.05, 0) is 36.6 Å². The molecule has 1 amide bonds. The van der Waals surface area contributed by atoms with E-state index in [0.717, 1.165) is 17.5 Å². The van der Waals surface area contributed by atoms with Crippen molar-refractivity contribution in [2.24, 2.45) is 0 Å². The standard InChI is InChI=1S/C22H25N3O3/c1-4-15-6-9-17(10-7-15)21-18(14-24-25-21)22(26)23-13-16-8-11-19(27-3)20(12-16)28-5-2/h6-12,14H,4-5,13H2,1-3H3,(H,23,26)(H,24,25). The molecule has 0 aliphatic rings. The number of amides is 1. The van der Waals surface area contributed by atoms with Crippen LogP contribution < -0.4 is 14.8 Å². The first-order chi connectivity index (χ1) is 13.7. The predicted octanol–water partition coefficient (Wildman–Crippen LogP) is 3.98. The molecule has 0 saturated heterocycles. The third-order valence-electron chi connectivity index (χ3n) is 4.52. The molecule has 0 radical (unpaired) electrons. The van der Waals surface area contributed by atoms with E-state index in [1.807, 2.05) is 37.3 Å². The van der Waals surface area contributed by atoms with Gasteiger partial charge in [-0.15, -0.1) is 0 Å². The third-order valence-corrected chi connectivity index (χ3v) is 4.52. The van der Waals surface area contributed by atoms with Crippen LogP contribution >= 0.6 is 0 Å². The molecule has 2 aromatic carbocycles. The largest absolute Gasteiger partial charge is 0.493 e. The smallest absolute Gasteiger partial charge is 0.255 e. The molecule has 146 valence electrons. The van der Waals surface area contributed by atoms with Gasteiger partial charge < -0.3 is 14.8 Å². The van der Waals surface area contributed by atoms with Gasteiger partial charge in [0, 0.05) is 12.1 Å². The molecular formula is C22H25N3O3. The zero-order chi connectivity index (χ0) is 19.9. The number of H-pyrrole nitrogens is 1. The van der Waals surface area contributed by atoms with Crippen molar-refractivity contribution in [1.29, 1.82) is 0 Å². The molecule has 6 nitrogen and oxygen atoms in total. The maximum absolute atomic E-state index is 12.7. The first-order valence-electron chi connectivity index (χ1n) is 9.36. The lowest BCUT2D eigenvalue weighted by Gasteiger charge is -2.12. The number of hydrogen-bond donors (Lipinski definition) is 2. The molecule has 0 bridgehead atoms. The Kier molecular flexibility index (Phi) is 6.32. The topological polar surface area (TPSA) is 76.2 Å². The minimum Gasteiger partial charge on any atom is -0.493 e. The van der Waals surface area contributed by atoms with Crippen molar-refractivity contribution < 1.29 is 14.3 Å². The van der Waals surface area contributed by atoms with E-state index < -0.39 is 0 Å². The number of ether oxygens (including phenoxy) is 2. The summed E-state index contributed by atoms with van der Waals surface area (Å²) in [6, 6.07) is 13.7. The lowest BCUT2D eigenvalue weighted by atomic mass is 10.0. The normalized spacial score (nSPS) is 10.5. The number of carbonyl (C=O) groups excluding carboxylic acids is 1. The van der Waals surface area contributed by atoms with Crippen molar-refractivity contribution in [3.05, 3.63) is 65.4 Å². The van der Waals surface area contributed by atoms with Crippen molar-refractivity contribution in [3.8, 4) is 22.8 Å². The molecule has 1 aromatic heterocycles. The van der Waals surface area contributed by atoms with Crippen LogP contribution in [0.15, 0.2) is 48.7 Å². The number of benzene rings is 2. The van der Waals surface area contributed by atoms with Crippen LogP contribution in [0.25, 0.3) is 11.3 Å². The summed E-state index contributed by atoms with van der Waals surface area (Å²) in [7, 11) is 1.60. The van der Waals surface area contributed by atoms with E-state index in [1.54, 1.807) is 13.3 Å². The molecule has 0 aliphatic heterocycles. The second-order valence-corrected chi connectivity index (χ2v) is 6.31. The molecular weight excluding hydrogens is 354 g/mol. The molecule has 0 unspecified atom stereocenters. The lowest BCUT2D eigenvalue weighted by molar-refractivity contribution is 0.0951. The fourth-order valence-electron chi connectivity index (χ4n) is 2.96. The molecule has 3 rings (SSSR count). The first kappa shape index (κ1) is 19.5. The van der Waals surface area contributed by atoms with Gasteiger partial charge in [0.1, 0.15) is 0 Å². The number of hydrogen-bond acceptors (Lipinski definition) is 4. The van der Waals surface area contributed by atoms with Gasteiger partial charge in [0.15, 0.2) is 11.5 Å². The van der Waals surface area contributed by atoms with Gasteiger partial charge in [-0.25, -0.2) is 0 Å². The fourth-order valence-corrected chi connectivity index (χ4v) is 2.96. The summed E-state index contributed by atoms with van der Waals surface area (Å²) in [6.07, 6.45) is 2.53. The van der Waals surface area contributed by atoms with Crippen molar-refractivity contribution in [3.63, 3.8) is 0 Å². The highest BCUT2D eigenvalue weighted by atomic mass is 16.5. The Morgan fingerprint density at radius 1 is 1.07 bits per heavy atom. The first-order valence-corrected chi connectivity index (χ1v) is 9.36. The van der Waals surface area contributed by atoms with Crippen LogP contribution in [0.5, 0.6) is 11.5 Å². The number of carbonyl (C=O) groups is 1. The summed E-state index contributed by atoms with van der Waals surface area (Å²) in [5.74, 6) is 1.15. The molecule has 1 heterocycles. The van der Waals surface area contributed by atoms with E-state index in [-0.39, 0.29) is 5.91 Å². The van der Waals surface area contributed by atoms with Crippen LogP contribution in [0.4, 0.5) is 0 Å². The number of nitrogens with one attached hydrogen (secondary N) is 2. The van der Waals surface area contributed by atoms with E-state index in [4.69, 9.17) is 9.47 Å². The van der Waals surface area contributed by atoms with Crippen LogP contribution in [0.2, 0.25) is 0 Å². The van der Waals surface area contributed by atoms with Gasteiger partial charge >= 0.3 is 0 Å². The number of rotatable bonds is 8. The summed E-state index contributed by atoms with van der Waals surface area (Å²) in [4.78, 5) is 12.7. The summed E-state index contributed by atoms with van der Waals surface area (Å²) in [6.45, 7) is 4.95. The van der Waals surface area contributed by atoms with Crippen LogP contribution in [0.1, 0.15) is 35.3 Å². The van der Waals surface area contributed by atoms with Gasteiger partial charge in [0.2, 0.25) is 0 Å². The van der Waals surface area contributed by atoms with Gasteiger partial charge in [-0.3, -0.25) is 9.89 Å².